The average molecular weight is 573 g/mol. The summed E-state index contributed by atoms with van der Waals surface area (Å²) in [6.45, 7) is 4.39. The zero-order valence-corrected chi connectivity index (χ0v) is 23.9. The number of halogens is 2. The molecule has 2 aromatic carbocycles. The Hall–Kier alpha value is -2.90. The van der Waals surface area contributed by atoms with Crippen LogP contribution in [0, 0.1) is 5.92 Å². The van der Waals surface area contributed by atoms with Gasteiger partial charge in [0.1, 0.15) is 11.4 Å². The summed E-state index contributed by atoms with van der Waals surface area (Å²) < 4.78 is 0. The van der Waals surface area contributed by atoms with E-state index < -0.39 is 11.6 Å². The summed E-state index contributed by atoms with van der Waals surface area (Å²) in [5.41, 5.74) is 1.77. The van der Waals surface area contributed by atoms with Crippen molar-refractivity contribution in [2.24, 2.45) is 10.9 Å². The molecule has 0 saturated heterocycles. The molecule has 1 heterocycles. The highest BCUT2D eigenvalue weighted by Crippen LogP contribution is 2.46. The molecule has 1 aliphatic carbocycles. The lowest BCUT2D eigenvalue weighted by atomic mass is 9.85. The van der Waals surface area contributed by atoms with Crippen molar-refractivity contribution in [1.82, 2.24) is 10.2 Å². The van der Waals surface area contributed by atoms with E-state index in [-0.39, 0.29) is 30.8 Å². The molecule has 1 saturated carbocycles. The van der Waals surface area contributed by atoms with Gasteiger partial charge in [-0.3, -0.25) is 19.4 Å². The number of carbonyl (C=O) groups excluding carboxylic acids is 2. The first kappa shape index (κ1) is 29.1. The van der Waals surface area contributed by atoms with Gasteiger partial charge in [0.05, 0.1) is 12.5 Å². The summed E-state index contributed by atoms with van der Waals surface area (Å²) in [6, 6.07) is 12.2. The fourth-order valence-corrected chi connectivity index (χ4v) is 6.10. The molecule has 1 atom stereocenters. The van der Waals surface area contributed by atoms with Gasteiger partial charge in [-0.1, -0.05) is 55.6 Å². The first-order chi connectivity index (χ1) is 18.6. The van der Waals surface area contributed by atoms with Crippen molar-refractivity contribution in [2.45, 2.75) is 76.9 Å². The standard InChI is InChI=1S/C30H35Cl2N3O4/c1-19(2)6-11-25(20-7-9-21(10-8-20)28(38)33-15-12-26(36)37)35-29(39)27(22-16-23(31)18-24(32)17-22)34-30(35)13-4-3-5-14-30/h7-10,16-19,25H,3-6,11-15H2,1-2H3,(H,33,38)(H,36,37)/t25-/m1/s1. The molecule has 208 valence electrons. The van der Waals surface area contributed by atoms with Crippen LogP contribution in [-0.2, 0) is 9.59 Å². The van der Waals surface area contributed by atoms with Gasteiger partial charge in [-0.15, -0.1) is 0 Å². The molecule has 39 heavy (non-hydrogen) atoms. The second kappa shape index (κ2) is 12.5. The van der Waals surface area contributed by atoms with Crippen LogP contribution >= 0.6 is 23.2 Å². The number of carbonyl (C=O) groups is 3. The fourth-order valence-electron chi connectivity index (χ4n) is 5.57. The maximum atomic E-state index is 14.2. The first-order valence-corrected chi connectivity index (χ1v) is 14.4. The number of hydrogen-bond acceptors (Lipinski definition) is 4. The van der Waals surface area contributed by atoms with E-state index in [9.17, 15) is 14.4 Å². The zero-order valence-electron chi connectivity index (χ0n) is 22.4. The van der Waals surface area contributed by atoms with Gasteiger partial charge in [-0.2, -0.15) is 0 Å². The normalized spacial score (nSPS) is 17.4. The molecule has 4 rings (SSSR count). The second-order valence-corrected chi connectivity index (χ2v) is 11.7. The molecule has 0 radical (unpaired) electrons. The zero-order chi connectivity index (χ0) is 28.2. The van der Waals surface area contributed by atoms with Gasteiger partial charge in [0, 0.05) is 27.7 Å². The van der Waals surface area contributed by atoms with Crippen molar-refractivity contribution >= 4 is 46.7 Å². The van der Waals surface area contributed by atoms with E-state index in [1.54, 1.807) is 30.3 Å². The van der Waals surface area contributed by atoms with Crippen molar-refractivity contribution in [3.63, 3.8) is 0 Å². The number of aliphatic imine (C=N–C) groups is 1. The third kappa shape index (κ3) is 6.82. The van der Waals surface area contributed by atoms with Crippen molar-refractivity contribution in [1.29, 1.82) is 0 Å². The Labute approximate surface area is 239 Å². The minimum absolute atomic E-state index is 0.0609. The fraction of sp³-hybridized carbons (Fsp3) is 0.467. The lowest BCUT2D eigenvalue weighted by Gasteiger charge is -2.44. The van der Waals surface area contributed by atoms with Crippen LogP contribution in [0.5, 0.6) is 0 Å². The lowest BCUT2D eigenvalue weighted by Crippen LogP contribution is -2.50. The predicted octanol–water partition coefficient (Wildman–Crippen LogP) is 6.67. The number of hydrogen-bond donors (Lipinski definition) is 2. The van der Waals surface area contributed by atoms with E-state index in [1.807, 2.05) is 17.0 Å². The highest BCUT2D eigenvalue weighted by atomic mass is 35.5. The Morgan fingerprint density at radius 3 is 2.26 bits per heavy atom. The number of benzene rings is 2. The summed E-state index contributed by atoms with van der Waals surface area (Å²) in [5.74, 6) is -0.975. The highest BCUT2D eigenvalue weighted by Gasteiger charge is 2.50. The summed E-state index contributed by atoms with van der Waals surface area (Å²) in [7, 11) is 0. The quantitative estimate of drug-likeness (QED) is 0.332. The van der Waals surface area contributed by atoms with Gasteiger partial charge in [-0.25, -0.2) is 0 Å². The number of amides is 2. The third-order valence-corrected chi connectivity index (χ3v) is 7.93. The topological polar surface area (TPSA) is 99.1 Å². The summed E-state index contributed by atoms with van der Waals surface area (Å²) in [4.78, 5) is 44.6. The molecule has 2 amide bonds. The molecule has 2 N–H and O–H groups in total. The van der Waals surface area contributed by atoms with E-state index in [1.165, 1.54) is 0 Å². The van der Waals surface area contributed by atoms with Crippen LogP contribution in [0.15, 0.2) is 47.5 Å². The van der Waals surface area contributed by atoms with Crippen LogP contribution in [0.3, 0.4) is 0 Å². The maximum absolute atomic E-state index is 14.2. The first-order valence-electron chi connectivity index (χ1n) is 13.6. The molecule has 0 bridgehead atoms. The van der Waals surface area contributed by atoms with Crippen molar-refractivity contribution < 1.29 is 19.5 Å². The summed E-state index contributed by atoms with van der Waals surface area (Å²) >= 11 is 12.6. The lowest BCUT2D eigenvalue weighted by molar-refractivity contribution is -0.137. The maximum Gasteiger partial charge on any atom is 0.305 e. The van der Waals surface area contributed by atoms with Crippen LogP contribution < -0.4 is 5.32 Å². The van der Waals surface area contributed by atoms with E-state index >= 15 is 0 Å². The molecule has 0 unspecified atom stereocenters. The molecule has 2 aromatic rings. The molecule has 2 aliphatic rings. The molecule has 1 spiro atoms. The Kier molecular flexibility index (Phi) is 9.34. The molecular weight excluding hydrogens is 537 g/mol. The van der Waals surface area contributed by atoms with Crippen LogP contribution in [-0.4, -0.2) is 45.7 Å². The van der Waals surface area contributed by atoms with Gasteiger partial charge in [0.2, 0.25) is 0 Å². The minimum Gasteiger partial charge on any atom is -0.481 e. The van der Waals surface area contributed by atoms with Crippen LogP contribution in [0.4, 0.5) is 0 Å². The smallest absolute Gasteiger partial charge is 0.305 e. The number of nitrogens with zero attached hydrogens (tertiary/aromatic N) is 2. The molecule has 7 nitrogen and oxygen atoms in total. The SMILES string of the molecule is CC(C)CC[C@H](c1ccc(C(=O)NCCC(=O)O)cc1)N1C(=O)C(c2cc(Cl)cc(Cl)c2)=NC12CCCCC2. The van der Waals surface area contributed by atoms with E-state index in [0.717, 1.165) is 50.5 Å². The van der Waals surface area contributed by atoms with E-state index in [4.69, 9.17) is 33.3 Å². The van der Waals surface area contributed by atoms with E-state index in [0.29, 0.717) is 32.8 Å². The molecule has 1 fully saturated rings. The summed E-state index contributed by atoms with van der Waals surface area (Å²) in [6.07, 6.45) is 6.21. The number of carboxylic acid groups (broad SMARTS) is 1. The Morgan fingerprint density at radius 1 is 1.03 bits per heavy atom. The van der Waals surface area contributed by atoms with Crippen molar-refractivity contribution in [3.8, 4) is 0 Å². The Bertz CT molecular complexity index is 1230. The number of rotatable bonds is 10. The van der Waals surface area contributed by atoms with Crippen LogP contribution in [0.25, 0.3) is 0 Å². The predicted molar refractivity (Wildman–Crippen MR) is 154 cm³/mol. The average Bonchev–Trinajstić information content (AvgIpc) is 3.15. The van der Waals surface area contributed by atoms with Gasteiger partial charge >= 0.3 is 5.97 Å². The van der Waals surface area contributed by atoms with Crippen molar-refractivity contribution in [3.05, 3.63) is 69.2 Å². The number of nitrogens with one attached hydrogen (secondary N) is 1. The minimum atomic E-state index is -0.966. The molecular formula is C30H35Cl2N3O4. The number of carboxylic acids is 1. The third-order valence-electron chi connectivity index (χ3n) is 7.49. The molecule has 0 aromatic heterocycles. The van der Waals surface area contributed by atoms with Gasteiger partial charge in [0.15, 0.2) is 0 Å². The Morgan fingerprint density at radius 2 is 1.67 bits per heavy atom. The largest absolute Gasteiger partial charge is 0.481 e. The highest BCUT2D eigenvalue weighted by molar-refractivity contribution is 6.47. The Balaban J connectivity index is 1.69. The van der Waals surface area contributed by atoms with Gasteiger partial charge in [-0.05, 0) is 80.3 Å². The van der Waals surface area contributed by atoms with E-state index in [2.05, 4.69) is 19.2 Å². The van der Waals surface area contributed by atoms with Gasteiger partial charge < -0.3 is 15.3 Å². The molecule has 1 aliphatic heterocycles. The number of aliphatic carboxylic acids is 1. The van der Waals surface area contributed by atoms with Crippen LogP contribution in [0.2, 0.25) is 10.0 Å². The van der Waals surface area contributed by atoms with Crippen molar-refractivity contribution in [2.75, 3.05) is 6.54 Å². The van der Waals surface area contributed by atoms with Crippen LogP contribution in [0.1, 0.15) is 92.7 Å². The summed E-state index contributed by atoms with van der Waals surface area (Å²) in [5, 5.41) is 12.4. The second-order valence-electron chi connectivity index (χ2n) is 10.8. The molecule has 9 heteroatoms. The van der Waals surface area contributed by atoms with Gasteiger partial charge in [0.25, 0.3) is 11.8 Å². The monoisotopic (exact) mass is 571 g/mol.